The summed E-state index contributed by atoms with van der Waals surface area (Å²) >= 11 is 5.26. The number of hydrogen-bond donors (Lipinski definition) is 1. The summed E-state index contributed by atoms with van der Waals surface area (Å²) in [7, 11) is 0. The number of nitrogens with one attached hydrogen (secondary N) is 1. The maximum absolute atomic E-state index is 12.3. The van der Waals surface area contributed by atoms with Crippen molar-refractivity contribution in [2.45, 2.75) is 13.0 Å². The van der Waals surface area contributed by atoms with Gasteiger partial charge in [0.15, 0.2) is 0 Å². The molecular formula is C15H15BrN2OS. The van der Waals surface area contributed by atoms with Crippen molar-refractivity contribution in [2.24, 2.45) is 0 Å². The third-order valence-electron chi connectivity index (χ3n) is 3.46. The number of amides is 1. The lowest BCUT2D eigenvalue weighted by Crippen LogP contribution is -2.38. The van der Waals surface area contributed by atoms with Crippen LogP contribution in [-0.2, 0) is 17.8 Å². The third kappa shape index (κ3) is 2.88. The van der Waals surface area contributed by atoms with Crippen LogP contribution in [0.3, 0.4) is 0 Å². The van der Waals surface area contributed by atoms with E-state index in [1.165, 1.54) is 10.4 Å². The maximum atomic E-state index is 12.3. The summed E-state index contributed by atoms with van der Waals surface area (Å²) in [5.74, 6) is 0.151. The number of carbonyl (C=O) groups excluding carboxylic acids is 1. The molecule has 104 valence electrons. The van der Waals surface area contributed by atoms with Crippen molar-refractivity contribution in [1.29, 1.82) is 0 Å². The van der Waals surface area contributed by atoms with Crippen LogP contribution in [0.25, 0.3) is 0 Å². The van der Waals surface area contributed by atoms with E-state index in [9.17, 15) is 4.79 Å². The summed E-state index contributed by atoms with van der Waals surface area (Å²) in [6.45, 7) is 1.90. The van der Waals surface area contributed by atoms with E-state index >= 15 is 0 Å². The van der Waals surface area contributed by atoms with Crippen molar-refractivity contribution in [1.82, 2.24) is 4.90 Å². The van der Waals surface area contributed by atoms with Crippen LogP contribution < -0.4 is 5.32 Å². The Morgan fingerprint density at radius 1 is 1.35 bits per heavy atom. The Morgan fingerprint density at radius 2 is 2.20 bits per heavy atom. The fraction of sp³-hybridized carbons (Fsp3) is 0.267. The van der Waals surface area contributed by atoms with Gasteiger partial charge in [0.1, 0.15) is 0 Å². The highest BCUT2D eigenvalue weighted by Gasteiger charge is 2.21. The van der Waals surface area contributed by atoms with E-state index in [1.54, 1.807) is 11.3 Å². The SMILES string of the molecule is O=C(CNc1ccccc1Br)N1CCc2sccc2C1. The zero-order valence-electron chi connectivity index (χ0n) is 10.9. The topological polar surface area (TPSA) is 32.3 Å². The van der Waals surface area contributed by atoms with Gasteiger partial charge in [0.05, 0.1) is 6.54 Å². The predicted octanol–water partition coefficient (Wildman–Crippen LogP) is 3.51. The first kappa shape index (κ1) is 13.6. The molecule has 1 aliphatic heterocycles. The average Bonchev–Trinajstić information content (AvgIpc) is 2.93. The molecule has 3 nitrogen and oxygen atoms in total. The number of hydrogen-bond acceptors (Lipinski definition) is 3. The van der Waals surface area contributed by atoms with E-state index in [0.717, 1.165) is 29.7 Å². The number of thiophene rings is 1. The number of nitrogens with zero attached hydrogens (tertiary/aromatic N) is 1. The molecule has 1 aromatic heterocycles. The molecule has 0 aliphatic carbocycles. The molecule has 1 aromatic carbocycles. The van der Waals surface area contributed by atoms with Crippen LogP contribution >= 0.6 is 27.3 Å². The van der Waals surface area contributed by atoms with Gasteiger partial charge < -0.3 is 10.2 Å². The Morgan fingerprint density at radius 3 is 3.05 bits per heavy atom. The number of halogens is 1. The minimum atomic E-state index is 0.151. The normalized spacial score (nSPS) is 13.9. The van der Waals surface area contributed by atoms with Gasteiger partial charge in [-0.2, -0.15) is 0 Å². The molecule has 20 heavy (non-hydrogen) atoms. The molecule has 1 N–H and O–H groups in total. The van der Waals surface area contributed by atoms with Gasteiger partial charge in [0.25, 0.3) is 0 Å². The average molecular weight is 351 g/mol. The minimum Gasteiger partial charge on any atom is -0.375 e. The van der Waals surface area contributed by atoms with Crippen molar-refractivity contribution in [3.05, 3.63) is 50.6 Å². The van der Waals surface area contributed by atoms with Crippen LogP contribution in [0.5, 0.6) is 0 Å². The molecule has 5 heteroatoms. The van der Waals surface area contributed by atoms with Gasteiger partial charge in [-0.15, -0.1) is 11.3 Å². The van der Waals surface area contributed by atoms with Crippen molar-refractivity contribution in [2.75, 3.05) is 18.4 Å². The second-order valence-electron chi connectivity index (χ2n) is 4.77. The van der Waals surface area contributed by atoms with Crippen LogP contribution in [0.15, 0.2) is 40.2 Å². The number of carbonyl (C=O) groups is 1. The van der Waals surface area contributed by atoms with Gasteiger partial charge in [-0.05, 0) is 51.5 Å². The molecule has 3 rings (SSSR count). The van der Waals surface area contributed by atoms with Gasteiger partial charge in [-0.25, -0.2) is 0 Å². The van der Waals surface area contributed by atoms with E-state index < -0.39 is 0 Å². The largest absolute Gasteiger partial charge is 0.375 e. The summed E-state index contributed by atoms with van der Waals surface area (Å²) in [6.07, 6.45) is 0.980. The molecule has 1 amide bonds. The Bertz CT molecular complexity index is 626. The van der Waals surface area contributed by atoms with E-state index in [4.69, 9.17) is 0 Å². The van der Waals surface area contributed by atoms with Crippen molar-refractivity contribution in [3.63, 3.8) is 0 Å². The Labute approximate surface area is 130 Å². The van der Waals surface area contributed by atoms with Gasteiger partial charge in [0.2, 0.25) is 5.91 Å². The lowest BCUT2D eigenvalue weighted by Gasteiger charge is -2.27. The van der Waals surface area contributed by atoms with Gasteiger partial charge in [-0.3, -0.25) is 4.79 Å². The van der Waals surface area contributed by atoms with E-state index in [2.05, 4.69) is 32.7 Å². The van der Waals surface area contributed by atoms with Crippen LogP contribution in [0.4, 0.5) is 5.69 Å². The summed E-state index contributed by atoms with van der Waals surface area (Å²) in [5.41, 5.74) is 2.25. The van der Waals surface area contributed by atoms with Crippen molar-refractivity contribution < 1.29 is 4.79 Å². The van der Waals surface area contributed by atoms with Gasteiger partial charge in [0, 0.05) is 28.1 Å². The summed E-state index contributed by atoms with van der Waals surface area (Å²) < 4.78 is 0.978. The van der Waals surface area contributed by atoms with E-state index in [-0.39, 0.29) is 5.91 Å². The fourth-order valence-corrected chi connectivity index (χ4v) is 3.66. The molecule has 0 atom stereocenters. The second-order valence-corrected chi connectivity index (χ2v) is 6.62. The molecule has 0 fully saturated rings. The van der Waals surface area contributed by atoms with Crippen molar-refractivity contribution in [3.8, 4) is 0 Å². The molecular weight excluding hydrogens is 336 g/mol. The predicted molar refractivity (Wildman–Crippen MR) is 86.1 cm³/mol. The molecule has 0 radical (unpaired) electrons. The number of rotatable bonds is 3. The highest BCUT2D eigenvalue weighted by Crippen LogP contribution is 2.24. The molecule has 0 bridgehead atoms. The number of anilines is 1. The first-order chi connectivity index (χ1) is 9.74. The molecule has 0 spiro atoms. The van der Waals surface area contributed by atoms with Crippen molar-refractivity contribution >= 4 is 38.9 Å². The molecule has 1 aliphatic rings. The zero-order valence-corrected chi connectivity index (χ0v) is 13.3. The monoisotopic (exact) mass is 350 g/mol. The quantitative estimate of drug-likeness (QED) is 0.918. The molecule has 0 unspecified atom stereocenters. The Kier molecular flexibility index (Phi) is 4.08. The zero-order chi connectivity index (χ0) is 13.9. The highest BCUT2D eigenvalue weighted by molar-refractivity contribution is 9.10. The Balaban J connectivity index is 1.59. The van der Waals surface area contributed by atoms with Crippen LogP contribution in [0, 0.1) is 0 Å². The first-order valence-electron chi connectivity index (χ1n) is 6.55. The lowest BCUT2D eigenvalue weighted by molar-refractivity contribution is -0.130. The molecule has 0 saturated carbocycles. The number of fused-ring (bicyclic) bond motifs is 1. The van der Waals surface area contributed by atoms with Crippen LogP contribution in [0.2, 0.25) is 0 Å². The first-order valence-corrected chi connectivity index (χ1v) is 8.23. The van der Waals surface area contributed by atoms with E-state index in [0.29, 0.717) is 6.54 Å². The summed E-state index contributed by atoms with van der Waals surface area (Å²) in [4.78, 5) is 15.6. The number of benzene rings is 1. The van der Waals surface area contributed by atoms with Crippen LogP contribution in [0.1, 0.15) is 10.4 Å². The maximum Gasteiger partial charge on any atom is 0.242 e. The second kappa shape index (κ2) is 5.97. The fourth-order valence-electron chi connectivity index (χ4n) is 2.35. The van der Waals surface area contributed by atoms with E-state index in [1.807, 2.05) is 29.2 Å². The smallest absolute Gasteiger partial charge is 0.242 e. The number of para-hydroxylation sites is 1. The molecule has 0 saturated heterocycles. The lowest BCUT2D eigenvalue weighted by atomic mass is 10.1. The van der Waals surface area contributed by atoms with Crippen LogP contribution in [-0.4, -0.2) is 23.9 Å². The standard InChI is InChI=1S/C15H15BrN2OS/c16-12-3-1-2-4-13(12)17-9-15(19)18-7-5-14-11(10-18)6-8-20-14/h1-4,6,8,17H,5,7,9-10H2. The van der Waals surface area contributed by atoms with Gasteiger partial charge >= 0.3 is 0 Å². The van der Waals surface area contributed by atoms with Gasteiger partial charge in [-0.1, -0.05) is 12.1 Å². The minimum absolute atomic E-state index is 0.151. The highest BCUT2D eigenvalue weighted by atomic mass is 79.9. The molecule has 2 aromatic rings. The molecule has 2 heterocycles. The third-order valence-corrected chi connectivity index (χ3v) is 5.18. The summed E-state index contributed by atoms with van der Waals surface area (Å²) in [6, 6.07) is 9.96. The summed E-state index contributed by atoms with van der Waals surface area (Å²) in [5, 5.41) is 5.30. The Hall–Kier alpha value is -1.33.